The first-order chi connectivity index (χ1) is 36.8. The van der Waals surface area contributed by atoms with Crippen LogP contribution in [0.4, 0.5) is 0 Å². The second-order valence-electron chi connectivity index (χ2n) is 21.9. The number of aromatic nitrogens is 3. The molecule has 0 aliphatic carbocycles. The number of aldehydes is 1. The highest BCUT2D eigenvalue weighted by molar-refractivity contribution is 6.99. The van der Waals surface area contributed by atoms with E-state index in [9.17, 15) is 24.0 Å². The van der Waals surface area contributed by atoms with Gasteiger partial charge in [0.2, 0.25) is 17.7 Å². The van der Waals surface area contributed by atoms with Crippen LogP contribution < -0.4 is 10.4 Å². The molecule has 17 heteroatoms. The maximum atomic E-state index is 14.9. The van der Waals surface area contributed by atoms with E-state index in [1.165, 1.54) is 25.7 Å². The molecule has 1 aliphatic rings. The lowest BCUT2D eigenvalue weighted by Gasteiger charge is -2.45. The molecule has 6 rings (SSSR count). The SMILES string of the molecule is CO[C@H]1C/C=C/c2nc(co2)-c2nc(co2)-c2nc(co2)[C@@H](C)CC(=O)CCC[C@H](O[Si](c2ccccc2)(c2ccccc2)C(C)(C)C)CC(=O)O[C@@H](C[C@H](OC)[C@@H](C)CCC(=O)[C@H](C)[C@H](OC(C)=O)[C@H](C)CC=O)[C@@H]1C. The Bertz CT molecular complexity index is 2670. The quantitative estimate of drug-likeness (QED) is 0.0454. The molecule has 0 N–H and O–H groups in total. The molecule has 5 aromatic rings. The average molecular weight is 1080 g/mol. The van der Waals surface area contributed by atoms with Crippen LogP contribution in [0.1, 0.15) is 144 Å². The van der Waals surface area contributed by atoms with E-state index in [0.717, 1.165) is 16.7 Å². The van der Waals surface area contributed by atoms with E-state index >= 15 is 0 Å². The lowest BCUT2D eigenvalue weighted by Crippen LogP contribution is -2.67. The normalized spacial score (nSPS) is 21.8. The fourth-order valence-electron chi connectivity index (χ4n) is 10.6. The molecule has 2 aromatic carbocycles. The number of rotatable bonds is 18. The van der Waals surface area contributed by atoms with Crippen LogP contribution in [0.3, 0.4) is 0 Å². The molecule has 1 aliphatic heterocycles. The molecule has 0 amide bonds. The predicted molar refractivity (Wildman–Crippen MR) is 293 cm³/mol. The van der Waals surface area contributed by atoms with Crippen molar-refractivity contribution in [3.63, 3.8) is 0 Å². The molecule has 77 heavy (non-hydrogen) atoms. The van der Waals surface area contributed by atoms with Crippen molar-refractivity contribution < 1.29 is 60.6 Å². The fourth-order valence-corrected chi connectivity index (χ4v) is 15.3. The highest BCUT2D eigenvalue weighted by Crippen LogP contribution is 2.39. The van der Waals surface area contributed by atoms with Gasteiger partial charge in [-0.15, -0.1) is 0 Å². The average Bonchev–Trinajstić information content (AvgIpc) is 4.24. The molecule has 0 unspecified atom stereocenters. The van der Waals surface area contributed by atoms with Crippen molar-refractivity contribution >= 4 is 54.6 Å². The van der Waals surface area contributed by atoms with E-state index in [2.05, 4.69) is 60.0 Å². The summed E-state index contributed by atoms with van der Waals surface area (Å²) in [6.07, 6.45) is 8.33. The molecule has 0 spiro atoms. The van der Waals surface area contributed by atoms with Crippen molar-refractivity contribution in [2.75, 3.05) is 14.2 Å². The van der Waals surface area contributed by atoms with Gasteiger partial charge < -0.3 is 41.4 Å². The van der Waals surface area contributed by atoms with Gasteiger partial charge in [0.15, 0.2) is 11.4 Å². The second kappa shape index (κ2) is 28.0. The van der Waals surface area contributed by atoms with Gasteiger partial charge in [0.25, 0.3) is 8.32 Å². The van der Waals surface area contributed by atoms with Crippen LogP contribution in [0.5, 0.6) is 0 Å². The predicted octanol–water partition coefficient (Wildman–Crippen LogP) is 10.7. The Hall–Kier alpha value is -6.14. The topological polar surface area (TPSA) is 210 Å². The molecule has 0 fully saturated rings. The summed E-state index contributed by atoms with van der Waals surface area (Å²) in [5, 5.41) is 1.69. The smallest absolute Gasteiger partial charge is 0.308 e. The Labute approximate surface area is 454 Å². The summed E-state index contributed by atoms with van der Waals surface area (Å²) in [6, 6.07) is 20.5. The molecule has 4 heterocycles. The Morgan fingerprint density at radius 2 is 1.48 bits per heavy atom. The van der Waals surface area contributed by atoms with Gasteiger partial charge in [-0.25, -0.2) is 15.0 Å². The first kappa shape index (κ1) is 60.1. The van der Waals surface area contributed by atoms with Crippen LogP contribution >= 0.6 is 0 Å². The molecule has 3 aromatic heterocycles. The Kier molecular flexibility index (Phi) is 21.8. The number of hydrogen-bond acceptors (Lipinski definition) is 16. The van der Waals surface area contributed by atoms with Gasteiger partial charge in [0, 0.05) is 71.0 Å². The first-order valence-electron chi connectivity index (χ1n) is 27.0. The summed E-state index contributed by atoms with van der Waals surface area (Å²) in [6.45, 7) is 17.3. The first-order valence-corrected chi connectivity index (χ1v) is 28.9. The summed E-state index contributed by atoms with van der Waals surface area (Å²) in [7, 11) is 0.00328. The number of fused-ring (bicyclic) bond motifs is 8. The van der Waals surface area contributed by atoms with Crippen molar-refractivity contribution in [3.05, 3.63) is 97.1 Å². The molecule has 0 saturated carbocycles. The molecular formula is C60H79N3O13Si. The van der Waals surface area contributed by atoms with Crippen LogP contribution in [-0.2, 0) is 47.3 Å². The number of ketones is 2. The van der Waals surface area contributed by atoms with Crippen LogP contribution in [0.25, 0.3) is 29.2 Å². The van der Waals surface area contributed by atoms with Crippen LogP contribution in [0.2, 0.25) is 5.04 Å². The third kappa shape index (κ3) is 15.8. The van der Waals surface area contributed by atoms with Gasteiger partial charge in [0.1, 0.15) is 48.9 Å². The largest absolute Gasteiger partial charge is 0.462 e. The minimum atomic E-state index is -3.22. The Balaban J connectivity index is 1.34. The molecule has 10 atom stereocenters. The van der Waals surface area contributed by atoms with Gasteiger partial charge in [-0.05, 0) is 53.1 Å². The summed E-state index contributed by atoms with van der Waals surface area (Å²) in [5.41, 5.74) is 1.33. The summed E-state index contributed by atoms with van der Waals surface area (Å²) >= 11 is 0. The number of ether oxygens (including phenoxy) is 4. The lowest BCUT2D eigenvalue weighted by molar-refractivity contribution is -0.159. The number of benzene rings is 2. The number of nitrogens with zero attached hydrogens (tertiary/aromatic N) is 3. The fraction of sp³-hybridized carbons (Fsp3) is 0.533. The Morgan fingerprint density at radius 1 is 0.844 bits per heavy atom. The highest BCUT2D eigenvalue weighted by Gasteiger charge is 2.52. The number of oxazole rings is 3. The lowest BCUT2D eigenvalue weighted by atomic mass is 9.84. The minimum Gasteiger partial charge on any atom is -0.462 e. The van der Waals surface area contributed by atoms with Crippen molar-refractivity contribution in [3.8, 4) is 23.2 Å². The molecule has 0 saturated heterocycles. The third-order valence-corrected chi connectivity index (χ3v) is 20.2. The number of carbonyl (C=O) groups is 5. The zero-order valence-corrected chi connectivity index (χ0v) is 47.7. The monoisotopic (exact) mass is 1080 g/mol. The molecule has 416 valence electrons. The van der Waals surface area contributed by atoms with Gasteiger partial charge in [-0.1, -0.05) is 122 Å². The van der Waals surface area contributed by atoms with E-state index in [0.29, 0.717) is 48.7 Å². The maximum Gasteiger partial charge on any atom is 0.308 e. The van der Waals surface area contributed by atoms with Crippen molar-refractivity contribution in [2.45, 2.75) is 168 Å². The molecule has 0 radical (unpaired) electrons. The summed E-state index contributed by atoms with van der Waals surface area (Å²) in [4.78, 5) is 79.7. The highest BCUT2D eigenvalue weighted by atomic mass is 28.4. The van der Waals surface area contributed by atoms with Gasteiger partial charge in [-0.2, -0.15) is 0 Å². The van der Waals surface area contributed by atoms with E-state index < -0.39 is 67.6 Å². The number of methoxy groups -OCH3 is 2. The maximum absolute atomic E-state index is 14.9. The molecule has 16 nitrogen and oxygen atoms in total. The second-order valence-corrected chi connectivity index (χ2v) is 26.1. The minimum absolute atomic E-state index is 0.0329. The van der Waals surface area contributed by atoms with Gasteiger partial charge in [0.05, 0.1) is 36.3 Å². The van der Waals surface area contributed by atoms with Crippen LogP contribution in [-0.4, -0.2) is 97.8 Å². The van der Waals surface area contributed by atoms with Crippen molar-refractivity contribution in [1.82, 2.24) is 15.0 Å². The third-order valence-electron chi connectivity index (χ3n) is 15.1. The molecule has 6 bridgehead atoms. The van der Waals surface area contributed by atoms with Crippen LogP contribution in [0.15, 0.2) is 98.8 Å². The van der Waals surface area contributed by atoms with Gasteiger partial charge in [-0.3, -0.25) is 19.2 Å². The van der Waals surface area contributed by atoms with Crippen molar-refractivity contribution in [2.24, 2.45) is 23.7 Å². The standard InChI is InChI=1S/C60H79N3O13Si/c1-38(28-29-51(67)41(4)57(74-43(6)65)39(2)30-31-64)53(70-11)34-54-42(5)52(69-10)26-19-27-55-61-49(36-71-55)58-63-50(37-73-58)59-62-48(35-72-59)40(3)32-44(66)20-18-21-45(33-56(68)75-54)76-77(60(7,8)9,46-22-14-12-15-23-46)47-24-16-13-17-25-47/h12-17,19,22-25,27,31,35-42,45,52-54,57H,18,20-21,26,28-30,32-34H2,1-11H3/b27-19+/t38-,39+,40-,41-,42+,45-,52-,53-,54-,57+/m0/s1. The van der Waals surface area contributed by atoms with E-state index in [4.69, 9.17) is 36.6 Å². The number of cyclic esters (lactones) is 1. The Morgan fingerprint density at radius 3 is 2.10 bits per heavy atom. The number of carbonyl (C=O) groups excluding carboxylic acids is 5. The zero-order valence-electron chi connectivity index (χ0n) is 46.7. The van der Waals surface area contributed by atoms with Crippen molar-refractivity contribution in [1.29, 1.82) is 0 Å². The summed E-state index contributed by atoms with van der Waals surface area (Å²) in [5.74, 6) is -2.13. The van der Waals surface area contributed by atoms with Gasteiger partial charge >= 0.3 is 11.9 Å². The summed E-state index contributed by atoms with van der Waals surface area (Å²) < 4.78 is 49.6. The van der Waals surface area contributed by atoms with Crippen LogP contribution in [0, 0.1) is 23.7 Å². The van der Waals surface area contributed by atoms with E-state index in [1.807, 2.05) is 63.2 Å². The number of esters is 2. The zero-order chi connectivity index (χ0) is 55.9. The van der Waals surface area contributed by atoms with E-state index in [-0.39, 0.29) is 79.6 Å². The molecular weight excluding hydrogens is 999 g/mol. The van der Waals surface area contributed by atoms with E-state index in [1.54, 1.807) is 34.1 Å². The number of Topliss-reactive ketones (excluding diaryl/α,β-unsaturated/α-hetero) is 2. The number of hydrogen-bond donors (Lipinski definition) is 0.